The van der Waals surface area contributed by atoms with Crippen molar-refractivity contribution in [1.82, 2.24) is 4.98 Å². The number of azo groups is 1. The zero-order valence-electron chi connectivity index (χ0n) is 40.6. The van der Waals surface area contributed by atoms with Gasteiger partial charge in [-0.3, -0.25) is 19.2 Å². The third kappa shape index (κ3) is 15.2. The van der Waals surface area contributed by atoms with Gasteiger partial charge in [-0.25, -0.2) is 19.4 Å². The van der Waals surface area contributed by atoms with Crippen molar-refractivity contribution in [1.29, 1.82) is 5.26 Å². The third-order valence-corrected chi connectivity index (χ3v) is 12.8. The van der Waals surface area contributed by atoms with Crippen LogP contribution in [0.3, 0.4) is 0 Å². The topological polar surface area (TPSA) is 273 Å². The Kier molecular flexibility index (Phi) is 19.1. The number of benzene rings is 4. The van der Waals surface area contributed by atoms with E-state index in [4.69, 9.17) is 47.4 Å². The first-order valence-corrected chi connectivity index (χ1v) is 24.4. The van der Waals surface area contributed by atoms with Gasteiger partial charge in [-0.1, -0.05) is 31.1 Å². The number of fused-ring (bicyclic) bond motifs is 1. The smallest absolute Gasteiger partial charge is 0.333 e. The summed E-state index contributed by atoms with van der Waals surface area (Å²) in [6.07, 6.45) is 5.55. The molecule has 76 heavy (non-hydrogen) atoms. The zero-order valence-corrected chi connectivity index (χ0v) is 41.4. The first-order chi connectivity index (χ1) is 36.8. The molecule has 0 amide bonds. The fourth-order valence-corrected chi connectivity index (χ4v) is 8.65. The van der Waals surface area contributed by atoms with Gasteiger partial charge < -0.3 is 47.4 Å². The lowest BCUT2D eigenvalue weighted by molar-refractivity contribution is -0.146. The van der Waals surface area contributed by atoms with Crippen molar-refractivity contribution in [2.75, 3.05) is 20.4 Å². The lowest BCUT2D eigenvalue weighted by Gasteiger charge is -2.26. The lowest BCUT2D eigenvalue weighted by Crippen LogP contribution is -2.30. The van der Waals surface area contributed by atoms with E-state index in [-0.39, 0.29) is 59.0 Å². The summed E-state index contributed by atoms with van der Waals surface area (Å²) in [5.74, 6) is -5.27. The molecule has 21 nitrogen and oxygen atoms in total. The highest BCUT2D eigenvalue weighted by molar-refractivity contribution is 7.22. The van der Waals surface area contributed by atoms with Crippen LogP contribution in [0.25, 0.3) is 10.2 Å². The fourth-order valence-electron chi connectivity index (χ4n) is 7.79. The van der Waals surface area contributed by atoms with Crippen molar-refractivity contribution < 1.29 is 80.9 Å². The number of hydrogen-bond donors (Lipinski definition) is 0. The van der Waals surface area contributed by atoms with Crippen LogP contribution in [0.15, 0.2) is 127 Å². The Balaban J connectivity index is 0.965. The molecule has 392 valence electrons. The minimum atomic E-state index is -0.747. The number of nitriles is 1. The number of carbonyl (C=O) groups excluding carboxylic acids is 7. The van der Waals surface area contributed by atoms with Crippen molar-refractivity contribution in [3.8, 4) is 46.3 Å². The summed E-state index contributed by atoms with van der Waals surface area (Å²) in [7, 11) is 0. The van der Waals surface area contributed by atoms with E-state index < -0.39 is 79.0 Å². The molecule has 0 bridgehead atoms. The fraction of sp³-hybridized carbons (Fsp3) is 0.278. The number of rotatable bonds is 22. The zero-order chi connectivity index (χ0) is 54.0. The summed E-state index contributed by atoms with van der Waals surface area (Å²) in [5, 5.41) is 17.9. The molecule has 2 fully saturated rings. The van der Waals surface area contributed by atoms with E-state index in [9.17, 15) is 38.8 Å². The Morgan fingerprint density at radius 2 is 0.961 bits per heavy atom. The molecule has 0 aliphatic heterocycles. The maximum Gasteiger partial charge on any atom is 0.333 e. The molecule has 2 aliphatic rings. The molecular weight excluding hydrogens is 1010 g/mol. The van der Waals surface area contributed by atoms with E-state index in [1.807, 2.05) is 6.07 Å². The standard InChI is InChI=1S/C54H48N4O17S/c1-4-45(59)69-29-66-38-19-21-39(22-20-38)72-50(62)33-9-15-36(16-10-33)53(65)75-43-26-25-42(48-49(43)76-54(56-48)58-57-37-17-7-32(28-55)8-18-37)74-52(64)35-13-11-34(12-14-35)51(63)73-40-23-24-41(67-30-70-46(60)5-2)44(27-40)68-31-71-47(61)6-3/h4-8,17-27,33-36H,1-3,9-16,29-31H2. The van der Waals surface area contributed by atoms with Crippen molar-refractivity contribution >= 4 is 74.2 Å². The summed E-state index contributed by atoms with van der Waals surface area (Å²) < 4.78 is 54.4. The monoisotopic (exact) mass is 1060 g/mol. The molecule has 0 N–H and O–H groups in total. The van der Waals surface area contributed by atoms with Crippen molar-refractivity contribution in [2.24, 2.45) is 33.9 Å². The second kappa shape index (κ2) is 26.6. The first-order valence-electron chi connectivity index (χ1n) is 23.5. The number of thiazole rings is 1. The van der Waals surface area contributed by atoms with E-state index in [1.165, 1.54) is 30.3 Å². The van der Waals surface area contributed by atoms with Crippen LogP contribution in [0.4, 0.5) is 10.8 Å². The number of nitrogens with zero attached hydrogens (tertiary/aromatic N) is 4. The molecule has 7 rings (SSSR count). The lowest BCUT2D eigenvalue weighted by atomic mass is 9.82. The Labute approximate surface area is 438 Å². The van der Waals surface area contributed by atoms with E-state index in [0.29, 0.717) is 66.0 Å². The predicted molar refractivity (Wildman–Crippen MR) is 267 cm³/mol. The van der Waals surface area contributed by atoms with Gasteiger partial charge in [0.2, 0.25) is 25.5 Å². The number of ether oxygens (including phenoxy) is 10. The van der Waals surface area contributed by atoms with Crippen LogP contribution < -0.4 is 33.2 Å². The summed E-state index contributed by atoms with van der Waals surface area (Å²) in [5.41, 5.74) is 1.07. The quantitative estimate of drug-likeness (QED) is 0.0156. The highest BCUT2D eigenvalue weighted by Gasteiger charge is 2.35. The van der Waals surface area contributed by atoms with Crippen molar-refractivity contribution in [3.05, 3.63) is 122 Å². The summed E-state index contributed by atoms with van der Waals surface area (Å²) in [6.45, 7) is 8.62. The molecule has 0 spiro atoms. The minimum Gasteiger partial charge on any atom is -0.457 e. The third-order valence-electron chi connectivity index (χ3n) is 11.8. The van der Waals surface area contributed by atoms with Gasteiger partial charge in [-0.05, 0) is 124 Å². The molecule has 0 unspecified atom stereocenters. The first kappa shape index (κ1) is 54.5. The van der Waals surface area contributed by atoms with Crippen molar-refractivity contribution in [2.45, 2.75) is 51.4 Å². The van der Waals surface area contributed by atoms with Gasteiger partial charge in [0.25, 0.3) is 0 Å². The SMILES string of the molecule is C=CC(=O)OCOc1ccc(OC(=O)C2CCC(C(=O)Oc3ccc(OC(=O)C4CCC(C(=O)Oc5ccc(OCOC(=O)C=C)c(OCOC(=O)C=C)c5)CC4)c4nc(N=Nc5ccc(C#N)cc5)sc34)CC2)cc1. The normalized spacial score (nSPS) is 16.9. The number of hydrogen-bond acceptors (Lipinski definition) is 22. The molecule has 1 aromatic heterocycles. The van der Waals surface area contributed by atoms with Crippen LogP contribution in [0.2, 0.25) is 0 Å². The Morgan fingerprint density at radius 3 is 1.49 bits per heavy atom. The number of aromatic nitrogens is 1. The Bertz CT molecular complexity index is 3060. The maximum atomic E-state index is 13.8. The van der Waals surface area contributed by atoms with Crippen LogP contribution in [0.5, 0.6) is 40.2 Å². The average Bonchev–Trinajstić information content (AvgIpc) is 3.92. The van der Waals surface area contributed by atoms with Gasteiger partial charge in [-0.2, -0.15) is 5.26 Å². The summed E-state index contributed by atoms with van der Waals surface area (Å²) >= 11 is 1.05. The molecule has 0 radical (unpaired) electrons. The van der Waals surface area contributed by atoms with Crippen LogP contribution in [-0.2, 0) is 47.8 Å². The molecule has 2 saturated carbocycles. The van der Waals surface area contributed by atoms with Gasteiger partial charge in [-0.15, -0.1) is 10.2 Å². The molecule has 1 heterocycles. The van der Waals surface area contributed by atoms with E-state index in [1.54, 1.807) is 48.5 Å². The number of carbonyl (C=O) groups is 7. The van der Waals surface area contributed by atoms with E-state index in [0.717, 1.165) is 29.6 Å². The molecule has 0 saturated heterocycles. The van der Waals surface area contributed by atoms with Crippen LogP contribution in [0, 0.1) is 35.0 Å². The highest BCUT2D eigenvalue weighted by atomic mass is 32.1. The number of esters is 7. The Hall–Kier alpha value is -9.23. The van der Waals surface area contributed by atoms with Gasteiger partial charge in [0.15, 0.2) is 23.0 Å². The van der Waals surface area contributed by atoms with Gasteiger partial charge in [0.1, 0.15) is 27.5 Å². The van der Waals surface area contributed by atoms with E-state index in [2.05, 4.69) is 34.9 Å². The van der Waals surface area contributed by atoms with Crippen LogP contribution in [0.1, 0.15) is 56.9 Å². The molecular formula is C54H48N4O17S. The maximum absolute atomic E-state index is 13.8. The van der Waals surface area contributed by atoms with E-state index >= 15 is 0 Å². The van der Waals surface area contributed by atoms with Crippen molar-refractivity contribution in [3.63, 3.8) is 0 Å². The molecule has 22 heteroatoms. The second-order valence-electron chi connectivity index (χ2n) is 16.7. The predicted octanol–water partition coefficient (Wildman–Crippen LogP) is 9.41. The Morgan fingerprint density at radius 1 is 0.526 bits per heavy atom. The summed E-state index contributed by atoms with van der Waals surface area (Å²) in [4.78, 5) is 92.7. The van der Waals surface area contributed by atoms with Gasteiger partial charge in [0, 0.05) is 24.3 Å². The molecule has 5 aromatic rings. The average molecular weight is 1060 g/mol. The largest absolute Gasteiger partial charge is 0.457 e. The summed E-state index contributed by atoms with van der Waals surface area (Å²) in [6, 6.07) is 21.8. The second-order valence-corrected chi connectivity index (χ2v) is 17.7. The molecule has 0 atom stereocenters. The van der Waals surface area contributed by atoms with Crippen LogP contribution in [-0.4, -0.2) is 67.1 Å². The van der Waals surface area contributed by atoms with Crippen LogP contribution >= 0.6 is 11.3 Å². The minimum absolute atomic E-state index is 0.00569. The highest BCUT2D eigenvalue weighted by Crippen LogP contribution is 2.43. The molecule has 4 aromatic carbocycles. The molecule has 2 aliphatic carbocycles. The van der Waals surface area contributed by atoms with Gasteiger partial charge in [0.05, 0.1) is 41.0 Å². The van der Waals surface area contributed by atoms with Gasteiger partial charge >= 0.3 is 41.8 Å².